The molecule has 16 heavy (non-hydrogen) atoms. The third-order valence-corrected chi connectivity index (χ3v) is 3.14. The monoisotopic (exact) mass is 226 g/mol. The summed E-state index contributed by atoms with van der Waals surface area (Å²) < 4.78 is 16.3. The number of hydrogen-bond donors (Lipinski definition) is 0. The summed E-state index contributed by atoms with van der Waals surface area (Å²) in [5.41, 5.74) is 1.83. The zero-order valence-corrected chi connectivity index (χ0v) is 9.88. The summed E-state index contributed by atoms with van der Waals surface area (Å²) in [6.45, 7) is 5.51. The molecular weight excluding hydrogens is 208 g/mol. The molecule has 1 spiro atoms. The molecule has 2 aliphatic rings. The van der Waals surface area contributed by atoms with Gasteiger partial charge in [-0.3, -0.25) is 0 Å². The van der Waals surface area contributed by atoms with Gasteiger partial charge in [0.2, 0.25) is 0 Å². The van der Waals surface area contributed by atoms with Crippen molar-refractivity contribution < 1.29 is 19.0 Å². The Morgan fingerprint density at radius 3 is 2.69 bits per heavy atom. The Labute approximate surface area is 95.6 Å². The third-order valence-electron chi connectivity index (χ3n) is 3.14. The van der Waals surface area contributed by atoms with Crippen LogP contribution in [-0.4, -0.2) is 31.6 Å². The van der Waals surface area contributed by atoms with Crippen LogP contribution in [0.15, 0.2) is 11.1 Å². The van der Waals surface area contributed by atoms with Gasteiger partial charge in [0.15, 0.2) is 5.79 Å². The molecule has 1 fully saturated rings. The van der Waals surface area contributed by atoms with Crippen molar-refractivity contribution in [3.8, 4) is 0 Å². The Hall–Kier alpha value is -0.870. The number of carbonyl (C=O) groups excluding carboxylic acids is 1. The fourth-order valence-electron chi connectivity index (χ4n) is 2.37. The lowest BCUT2D eigenvalue weighted by Gasteiger charge is -2.32. The molecule has 0 N–H and O–H groups in total. The van der Waals surface area contributed by atoms with Gasteiger partial charge >= 0.3 is 5.97 Å². The van der Waals surface area contributed by atoms with Crippen molar-refractivity contribution in [3.63, 3.8) is 0 Å². The van der Waals surface area contributed by atoms with Gasteiger partial charge in [-0.2, -0.15) is 0 Å². The first-order valence-electron chi connectivity index (χ1n) is 5.80. The lowest BCUT2D eigenvalue weighted by molar-refractivity contribution is -0.165. The zero-order valence-electron chi connectivity index (χ0n) is 9.88. The predicted molar refractivity (Wildman–Crippen MR) is 57.8 cm³/mol. The minimum atomic E-state index is -0.458. The fourth-order valence-corrected chi connectivity index (χ4v) is 2.37. The van der Waals surface area contributed by atoms with Crippen LogP contribution < -0.4 is 0 Å². The summed E-state index contributed by atoms with van der Waals surface area (Å²) >= 11 is 0. The van der Waals surface area contributed by atoms with E-state index in [0.717, 1.165) is 17.6 Å². The maximum atomic E-state index is 11.7. The largest absolute Gasteiger partial charge is 0.463 e. The summed E-state index contributed by atoms with van der Waals surface area (Å²) in [4.78, 5) is 11.7. The van der Waals surface area contributed by atoms with E-state index < -0.39 is 5.79 Å². The smallest absolute Gasteiger partial charge is 0.333 e. The molecule has 0 amide bonds. The molecule has 0 bridgehead atoms. The van der Waals surface area contributed by atoms with Crippen molar-refractivity contribution in [1.82, 2.24) is 0 Å². The molecule has 0 atom stereocenters. The van der Waals surface area contributed by atoms with Crippen LogP contribution in [0.1, 0.15) is 33.1 Å². The van der Waals surface area contributed by atoms with E-state index in [1.165, 1.54) is 0 Å². The Balaban J connectivity index is 2.09. The van der Waals surface area contributed by atoms with Crippen LogP contribution in [0.2, 0.25) is 0 Å². The first kappa shape index (κ1) is 11.6. The quantitative estimate of drug-likeness (QED) is 0.673. The van der Waals surface area contributed by atoms with E-state index >= 15 is 0 Å². The van der Waals surface area contributed by atoms with E-state index in [-0.39, 0.29) is 5.97 Å². The number of rotatable bonds is 2. The summed E-state index contributed by atoms with van der Waals surface area (Å²) in [5, 5.41) is 0. The summed E-state index contributed by atoms with van der Waals surface area (Å²) in [6.07, 6.45) is 2.12. The summed E-state index contributed by atoms with van der Waals surface area (Å²) in [6, 6.07) is 0. The molecule has 0 aromatic carbocycles. The van der Waals surface area contributed by atoms with Gasteiger partial charge in [0.05, 0.1) is 19.8 Å². The molecule has 4 heteroatoms. The summed E-state index contributed by atoms with van der Waals surface area (Å²) in [7, 11) is 0. The fraction of sp³-hybridized carbons (Fsp3) is 0.750. The summed E-state index contributed by atoms with van der Waals surface area (Å²) in [5.74, 6) is -0.645. The van der Waals surface area contributed by atoms with Crippen molar-refractivity contribution in [2.45, 2.75) is 38.9 Å². The predicted octanol–water partition coefficient (Wildman–Crippen LogP) is 1.79. The number of ether oxygens (including phenoxy) is 3. The molecule has 0 radical (unpaired) electrons. The highest BCUT2D eigenvalue weighted by atomic mass is 16.7. The van der Waals surface area contributed by atoms with Gasteiger partial charge in [-0.1, -0.05) is 5.57 Å². The second kappa shape index (κ2) is 4.55. The third kappa shape index (κ3) is 2.13. The zero-order chi connectivity index (χ0) is 11.6. The molecule has 4 nitrogen and oxygen atoms in total. The maximum Gasteiger partial charge on any atom is 0.333 e. The standard InChI is InChI=1S/C12H18O4/c1-3-14-11(13)10-4-5-12(8-9(10)2)15-6-7-16-12/h3-8H2,1-2H3. The minimum Gasteiger partial charge on any atom is -0.463 e. The van der Waals surface area contributed by atoms with Crippen LogP contribution in [0.4, 0.5) is 0 Å². The highest BCUT2D eigenvalue weighted by molar-refractivity contribution is 5.89. The molecule has 1 heterocycles. The molecule has 0 saturated carbocycles. The van der Waals surface area contributed by atoms with Crippen LogP contribution in [0.5, 0.6) is 0 Å². The topological polar surface area (TPSA) is 44.8 Å². The molecule has 2 rings (SSSR count). The Bertz CT molecular complexity index is 313. The second-order valence-electron chi connectivity index (χ2n) is 4.26. The first-order chi connectivity index (χ1) is 7.67. The highest BCUT2D eigenvalue weighted by Crippen LogP contribution is 2.38. The first-order valence-corrected chi connectivity index (χ1v) is 5.80. The highest BCUT2D eigenvalue weighted by Gasteiger charge is 2.40. The second-order valence-corrected chi connectivity index (χ2v) is 4.26. The molecule has 0 aromatic heterocycles. The van der Waals surface area contributed by atoms with Gasteiger partial charge in [0.1, 0.15) is 0 Å². The lowest BCUT2D eigenvalue weighted by Crippen LogP contribution is -2.34. The molecule has 0 unspecified atom stereocenters. The lowest BCUT2D eigenvalue weighted by atomic mass is 9.88. The Kier molecular flexibility index (Phi) is 3.30. The average molecular weight is 226 g/mol. The number of esters is 1. The van der Waals surface area contributed by atoms with Crippen LogP contribution in [0.3, 0.4) is 0 Å². The minimum absolute atomic E-state index is 0.187. The molecule has 90 valence electrons. The SMILES string of the molecule is CCOC(=O)C1=C(C)CC2(CC1)OCCO2. The van der Waals surface area contributed by atoms with E-state index in [4.69, 9.17) is 14.2 Å². The van der Waals surface area contributed by atoms with Gasteiger partial charge in [-0.15, -0.1) is 0 Å². The Morgan fingerprint density at radius 1 is 1.44 bits per heavy atom. The van der Waals surface area contributed by atoms with Crippen LogP contribution in [-0.2, 0) is 19.0 Å². The van der Waals surface area contributed by atoms with Gasteiger partial charge in [-0.05, 0) is 20.3 Å². The van der Waals surface area contributed by atoms with Crippen molar-refractivity contribution in [3.05, 3.63) is 11.1 Å². The van der Waals surface area contributed by atoms with Crippen molar-refractivity contribution in [2.75, 3.05) is 19.8 Å². The number of carbonyl (C=O) groups is 1. The van der Waals surface area contributed by atoms with Crippen molar-refractivity contribution in [1.29, 1.82) is 0 Å². The van der Waals surface area contributed by atoms with Crippen molar-refractivity contribution >= 4 is 5.97 Å². The van der Waals surface area contributed by atoms with E-state index in [2.05, 4.69) is 0 Å². The normalized spacial score (nSPS) is 23.9. The van der Waals surface area contributed by atoms with Crippen LogP contribution >= 0.6 is 0 Å². The molecule has 1 aliphatic carbocycles. The van der Waals surface area contributed by atoms with E-state index in [0.29, 0.717) is 32.7 Å². The average Bonchev–Trinajstić information content (AvgIpc) is 2.66. The maximum absolute atomic E-state index is 11.7. The Morgan fingerprint density at radius 2 is 2.12 bits per heavy atom. The van der Waals surface area contributed by atoms with Crippen molar-refractivity contribution in [2.24, 2.45) is 0 Å². The van der Waals surface area contributed by atoms with Gasteiger partial charge < -0.3 is 14.2 Å². The molecular formula is C12H18O4. The van der Waals surface area contributed by atoms with Gasteiger partial charge in [-0.25, -0.2) is 4.79 Å². The molecule has 1 aliphatic heterocycles. The van der Waals surface area contributed by atoms with E-state index in [9.17, 15) is 4.79 Å². The molecule has 1 saturated heterocycles. The van der Waals surface area contributed by atoms with E-state index in [1.807, 2.05) is 13.8 Å². The number of hydrogen-bond acceptors (Lipinski definition) is 4. The van der Waals surface area contributed by atoms with Gasteiger partial charge in [0.25, 0.3) is 0 Å². The molecule has 0 aromatic rings. The van der Waals surface area contributed by atoms with Crippen LogP contribution in [0.25, 0.3) is 0 Å². The van der Waals surface area contributed by atoms with Crippen LogP contribution in [0, 0.1) is 0 Å². The van der Waals surface area contributed by atoms with Gasteiger partial charge in [0, 0.05) is 18.4 Å². The van der Waals surface area contributed by atoms with E-state index in [1.54, 1.807) is 0 Å².